The summed E-state index contributed by atoms with van der Waals surface area (Å²) in [5.41, 5.74) is 7.11. The molecular weight excluding hydrogens is 376 g/mol. The Bertz CT molecular complexity index is 1570. The minimum absolute atomic E-state index is 0.914. The number of fused-ring (bicyclic) bond motifs is 6. The van der Waals surface area contributed by atoms with Crippen LogP contribution in [0.5, 0.6) is 0 Å². The van der Waals surface area contributed by atoms with E-state index in [1.54, 1.807) is 0 Å². The van der Waals surface area contributed by atoms with Crippen LogP contribution >= 0.6 is 0 Å². The van der Waals surface area contributed by atoms with Crippen molar-refractivity contribution in [2.45, 2.75) is 6.92 Å². The summed E-state index contributed by atoms with van der Waals surface area (Å²) in [5.74, 6) is 0. The van der Waals surface area contributed by atoms with Crippen LogP contribution in [0.15, 0.2) is 103 Å². The molecule has 0 amide bonds. The van der Waals surface area contributed by atoms with Gasteiger partial charge >= 0.3 is 0 Å². The molecule has 0 saturated carbocycles. The lowest BCUT2D eigenvalue weighted by atomic mass is 9.95. The van der Waals surface area contributed by atoms with Gasteiger partial charge in [0.2, 0.25) is 0 Å². The Balaban J connectivity index is 1.86. The quantitative estimate of drug-likeness (QED) is 0.282. The lowest BCUT2D eigenvalue weighted by Gasteiger charge is -2.15. The van der Waals surface area contributed by atoms with E-state index in [0.717, 1.165) is 38.9 Å². The minimum atomic E-state index is 0.914. The first-order chi connectivity index (χ1) is 15.3. The van der Waals surface area contributed by atoms with Crippen LogP contribution in [0.3, 0.4) is 0 Å². The van der Waals surface area contributed by atoms with Gasteiger partial charge in [0.25, 0.3) is 0 Å². The molecule has 0 atom stereocenters. The predicted octanol–water partition coefficient (Wildman–Crippen LogP) is 7.58. The van der Waals surface area contributed by atoms with Gasteiger partial charge in [0.1, 0.15) is 0 Å². The second-order valence-electron chi connectivity index (χ2n) is 7.89. The molecule has 6 aromatic rings. The summed E-state index contributed by atoms with van der Waals surface area (Å²) in [7, 11) is 0. The first-order valence-electron chi connectivity index (χ1n) is 10.5. The van der Waals surface area contributed by atoms with Crippen molar-refractivity contribution in [3.05, 3.63) is 109 Å². The largest absolute Gasteiger partial charge is 0.243 e. The summed E-state index contributed by atoms with van der Waals surface area (Å²) in [5, 5.41) is 4.76. The van der Waals surface area contributed by atoms with Gasteiger partial charge in [-0.2, -0.15) is 0 Å². The van der Waals surface area contributed by atoms with Gasteiger partial charge in [0.05, 0.1) is 22.4 Å². The van der Waals surface area contributed by atoms with Crippen molar-refractivity contribution in [1.29, 1.82) is 0 Å². The van der Waals surface area contributed by atoms with Gasteiger partial charge < -0.3 is 0 Å². The van der Waals surface area contributed by atoms with E-state index in [1.165, 1.54) is 21.7 Å². The third-order valence-corrected chi connectivity index (χ3v) is 5.97. The molecule has 0 aliphatic heterocycles. The SMILES string of the molecule is Cc1cccc2c3ccccc3c3nc(-c4ccccc4)c(-c4ccccc4)nc3c12. The highest BCUT2D eigenvalue weighted by molar-refractivity contribution is 6.24. The fourth-order valence-electron chi connectivity index (χ4n) is 4.52. The number of rotatable bonds is 2. The van der Waals surface area contributed by atoms with E-state index in [1.807, 2.05) is 12.1 Å². The van der Waals surface area contributed by atoms with Crippen molar-refractivity contribution in [2.24, 2.45) is 0 Å². The van der Waals surface area contributed by atoms with E-state index in [9.17, 15) is 0 Å². The van der Waals surface area contributed by atoms with Gasteiger partial charge in [0, 0.05) is 21.9 Å². The van der Waals surface area contributed by atoms with Gasteiger partial charge in [-0.1, -0.05) is 103 Å². The van der Waals surface area contributed by atoms with E-state index in [2.05, 4.69) is 97.9 Å². The number of hydrogen-bond acceptors (Lipinski definition) is 2. The van der Waals surface area contributed by atoms with Gasteiger partial charge in [-0.05, 0) is 23.3 Å². The molecule has 0 fully saturated rings. The average Bonchev–Trinajstić information content (AvgIpc) is 2.84. The zero-order valence-corrected chi connectivity index (χ0v) is 17.2. The summed E-state index contributed by atoms with van der Waals surface area (Å²) in [6, 6.07) is 35.7. The number of hydrogen-bond donors (Lipinski definition) is 0. The zero-order valence-electron chi connectivity index (χ0n) is 17.2. The molecule has 0 spiro atoms. The van der Waals surface area contributed by atoms with Gasteiger partial charge in [-0.3, -0.25) is 0 Å². The summed E-state index contributed by atoms with van der Waals surface area (Å²) in [6.07, 6.45) is 0. The lowest BCUT2D eigenvalue weighted by Crippen LogP contribution is -1.98. The molecule has 31 heavy (non-hydrogen) atoms. The molecule has 146 valence electrons. The van der Waals surface area contributed by atoms with Gasteiger partial charge in [0.15, 0.2) is 0 Å². The Morgan fingerprint density at radius 3 is 1.61 bits per heavy atom. The predicted molar refractivity (Wildman–Crippen MR) is 130 cm³/mol. The standard InChI is InChI=1S/C29H20N2/c1-19-11-10-18-23-22-16-8-9-17-24(22)28-29(25(19)23)31-27(21-14-6-3-7-15-21)26(30-28)20-12-4-2-5-13-20/h2-18H,1H3. The maximum absolute atomic E-state index is 5.30. The molecule has 1 aromatic heterocycles. The zero-order chi connectivity index (χ0) is 20.8. The molecule has 0 radical (unpaired) electrons. The van der Waals surface area contributed by atoms with Crippen LogP contribution in [0, 0.1) is 6.92 Å². The Morgan fingerprint density at radius 1 is 0.452 bits per heavy atom. The minimum Gasteiger partial charge on any atom is -0.243 e. The highest BCUT2D eigenvalue weighted by Crippen LogP contribution is 2.38. The van der Waals surface area contributed by atoms with Gasteiger partial charge in [-0.15, -0.1) is 0 Å². The van der Waals surface area contributed by atoms with Crippen LogP contribution in [0.1, 0.15) is 5.56 Å². The van der Waals surface area contributed by atoms with Gasteiger partial charge in [-0.25, -0.2) is 9.97 Å². The molecule has 5 aromatic carbocycles. The molecule has 2 heteroatoms. The fourth-order valence-corrected chi connectivity index (χ4v) is 4.52. The Labute approximate surface area is 180 Å². The molecule has 6 rings (SSSR count). The number of aryl methyl sites for hydroxylation is 1. The van der Waals surface area contributed by atoms with E-state index in [4.69, 9.17) is 9.97 Å². The number of nitrogens with zero attached hydrogens (tertiary/aromatic N) is 2. The molecule has 0 aliphatic carbocycles. The van der Waals surface area contributed by atoms with E-state index >= 15 is 0 Å². The third kappa shape index (κ3) is 2.80. The first kappa shape index (κ1) is 17.8. The van der Waals surface area contributed by atoms with Crippen molar-refractivity contribution in [2.75, 3.05) is 0 Å². The summed E-state index contributed by atoms with van der Waals surface area (Å²) < 4.78 is 0. The van der Waals surface area contributed by atoms with Crippen LogP contribution in [-0.2, 0) is 0 Å². The maximum atomic E-state index is 5.30. The van der Waals surface area contributed by atoms with Crippen molar-refractivity contribution >= 4 is 32.6 Å². The molecule has 0 saturated heterocycles. The van der Waals surface area contributed by atoms with Crippen LogP contribution in [0.2, 0.25) is 0 Å². The molecule has 0 bridgehead atoms. The molecule has 2 nitrogen and oxygen atoms in total. The number of benzene rings is 5. The lowest BCUT2D eigenvalue weighted by molar-refractivity contribution is 1.30. The Hall–Kier alpha value is -4.04. The molecule has 0 aliphatic rings. The number of aromatic nitrogens is 2. The molecular formula is C29H20N2. The second-order valence-corrected chi connectivity index (χ2v) is 7.89. The summed E-state index contributed by atoms with van der Waals surface area (Å²) in [6.45, 7) is 2.16. The van der Waals surface area contributed by atoms with Crippen molar-refractivity contribution < 1.29 is 0 Å². The highest BCUT2D eigenvalue weighted by Gasteiger charge is 2.18. The van der Waals surface area contributed by atoms with E-state index in [-0.39, 0.29) is 0 Å². The fraction of sp³-hybridized carbons (Fsp3) is 0.0345. The van der Waals surface area contributed by atoms with E-state index in [0.29, 0.717) is 0 Å². The second kappa shape index (κ2) is 7.03. The Kier molecular flexibility index (Phi) is 4.03. The summed E-state index contributed by atoms with van der Waals surface area (Å²) >= 11 is 0. The first-order valence-corrected chi connectivity index (χ1v) is 10.5. The third-order valence-electron chi connectivity index (χ3n) is 5.97. The van der Waals surface area contributed by atoms with Crippen molar-refractivity contribution in [3.8, 4) is 22.5 Å². The maximum Gasteiger partial charge on any atom is 0.0982 e. The van der Waals surface area contributed by atoms with E-state index < -0.39 is 0 Å². The monoisotopic (exact) mass is 396 g/mol. The van der Waals surface area contributed by atoms with Crippen LogP contribution in [0.4, 0.5) is 0 Å². The van der Waals surface area contributed by atoms with Crippen molar-refractivity contribution in [3.63, 3.8) is 0 Å². The molecule has 0 N–H and O–H groups in total. The highest BCUT2D eigenvalue weighted by atomic mass is 14.8. The molecule has 1 heterocycles. The topological polar surface area (TPSA) is 25.8 Å². The van der Waals surface area contributed by atoms with Crippen LogP contribution < -0.4 is 0 Å². The smallest absolute Gasteiger partial charge is 0.0982 e. The van der Waals surface area contributed by atoms with Crippen LogP contribution in [0.25, 0.3) is 55.1 Å². The Morgan fingerprint density at radius 2 is 0.968 bits per heavy atom. The summed E-state index contributed by atoms with van der Waals surface area (Å²) in [4.78, 5) is 10.6. The average molecular weight is 396 g/mol. The normalized spacial score (nSPS) is 11.4. The molecule has 0 unspecified atom stereocenters. The van der Waals surface area contributed by atoms with Crippen molar-refractivity contribution in [1.82, 2.24) is 9.97 Å². The van der Waals surface area contributed by atoms with Crippen LogP contribution in [-0.4, -0.2) is 9.97 Å².